The van der Waals surface area contributed by atoms with Crippen LogP contribution in [0.25, 0.3) is 0 Å². The first-order valence-corrected chi connectivity index (χ1v) is 16.1. The summed E-state index contributed by atoms with van der Waals surface area (Å²) in [5.74, 6) is 3.48. The molecule has 10 heteroatoms. The van der Waals surface area contributed by atoms with Crippen LogP contribution in [0.2, 0.25) is 0 Å². The van der Waals surface area contributed by atoms with Crippen LogP contribution in [0.15, 0.2) is 24.3 Å². The van der Waals surface area contributed by atoms with Gasteiger partial charge in [0.1, 0.15) is 5.60 Å². The molecule has 0 saturated carbocycles. The van der Waals surface area contributed by atoms with Crippen molar-refractivity contribution in [2.45, 2.75) is 89.7 Å². The maximum Gasteiger partial charge on any atom is 0.410 e. The quantitative estimate of drug-likeness (QED) is 0.489. The summed E-state index contributed by atoms with van der Waals surface area (Å²) in [7, 11) is 0. The Kier molecular flexibility index (Phi) is 8.01. The summed E-state index contributed by atoms with van der Waals surface area (Å²) < 4.78 is 39.8. The van der Waals surface area contributed by atoms with Crippen LogP contribution in [0, 0.1) is 0 Å². The minimum absolute atomic E-state index is 0.00136. The van der Waals surface area contributed by atoms with Crippen LogP contribution in [-0.2, 0) is 39.9 Å². The minimum atomic E-state index is -0.497. The van der Waals surface area contributed by atoms with Crippen LogP contribution < -0.4 is 18.9 Å². The number of rotatable bonds is 2. The van der Waals surface area contributed by atoms with Crippen LogP contribution in [0.3, 0.4) is 0 Å². The first-order chi connectivity index (χ1) is 21.3. The van der Waals surface area contributed by atoms with E-state index in [-0.39, 0.29) is 25.0 Å². The average Bonchev–Trinajstić information content (AvgIpc) is 3.69. The van der Waals surface area contributed by atoms with E-state index in [1.165, 1.54) is 29.7 Å². The van der Waals surface area contributed by atoms with E-state index in [1.807, 2.05) is 31.7 Å². The number of morpholine rings is 2. The van der Waals surface area contributed by atoms with Crippen LogP contribution in [0.5, 0.6) is 23.0 Å². The molecule has 0 spiro atoms. The van der Waals surface area contributed by atoms with Gasteiger partial charge in [0.05, 0.1) is 31.5 Å². The second-order valence-electron chi connectivity index (χ2n) is 13.4. The van der Waals surface area contributed by atoms with Gasteiger partial charge in [-0.2, -0.15) is 0 Å². The maximum absolute atomic E-state index is 12.6. The molecule has 4 heterocycles. The number of carbonyl (C=O) groups excluding carboxylic acids is 1. The molecule has 2 saturated heterocycles. The summed E-state index contributed by atoms with van der Waals surface area (Å²) in [6.07, 6.45) is 4.71. The third-order valence-electron chi connectivity index (χ3n) is 9.39. The molecule has 0 radical (unpaired) electrons. The monoisotopic (exact) mass is 608 g/mol. The molecule has 4 atom stereocenters. The van der Waals surface area contributed by atoms with Gasteiger partial charge in [0.2, 0.25) is 13.6 Å². The Balaban J connectivity index is 0.000000144. The molecule has 4 aliphatic heterocycles. The van der Waals surface area contributed by atoms with Crippen molar-refractivity contribution in [3.8, 4) is 23.0 Å². The zero-order valence-electron chi connectivity index (χ0n) is 26.3. The Morgan fingerprint density at radius 3 is 1.95 bits per heavy atom. The van der Waals surface area contributed by atoms with Crippen molar-refractivity contribution in [1.29, 1.82) is 0 Å². The third-order valence-corrected chi connectivity index (χ3v) is 9.39. The van der Waals surface area contributed by atoms with Crippen molar-refractivity contribution in [2.75, 3.05) is 46.4 Å². The van der Waals surface area contributed by atoms with Crippen LogP contribution in [-0.4, -0.2) is 92.2 Å². The lowest BCUT2D eigenvalue weighted by molar-refractivity contribution is -0.0783. The zero-order chi connectivity index (χ0) is 30.4. The van der Waals surface area contributed by atoms with E-state index >= 15 is 0 Å². The van der Waals surface area contributed by atoms with Gasteiger partial charge < -0.3 is 33.2 Å². The molecule has 0 N–H and O–H groups in total. The van der Waals surface area contributed by atoms with E-state index in [2.05, 4.69) is 30.0 Å². The summed E-state index contributed by atoms with van der Waals surface area (Å²) >= 11 is 0. The first kappa shape index (κ1) is 29.5. The van der Waals surface area contributed by atoms with Crippen molar-refractivity contribution in [3.63, 3.8) is 0 Å². The predicted molar refractivity (Wildman–Crippen MR) is 162 cm³/mol. The molecule has 10 nitrogen and oxygen atoms in total. The number of carbonyl (C=O) groups is 1. The lowest BCUT2D eigenvalue weighted by Gasteiger charge is -2.44. The van der Waals surface area contributed by atoms with Crippen LogP contribution >= 0.6 is 0 Å². The number of benzene rings is 2. The Hall–Kier alpha value is -3.21. The van der Waals surface area contributed by atoms with Crippen molar-refractivity contribution < 1.29 is 38.0 Å². The first-order valence-electron chi connectivity index (χ1n) is 16.1. The molecule has 2 aromatic rings. The van der Waals surface area contributed by atoms with Gasteiger partial charge >= 0.3 is 6.09 Å². The molecule has 238 valence electrons. The largest absolute Gasteiger partial charge is 0.454 e. The summed E-state index contributed by atoms with van der Waals surface area (Å²) in [5.41, 5.74) is 4.56. The van der Waals surface area contributed by atoms with Gasteiger partial charge in [-0.05, 0) is 69.8 Å². The van der Waals surface area contributed by atoms with Gasteiger partial charge in [-0.3, -0.25) is 9.80 Å². The van der Waals surface area contributed by atoms with Gasteiger partial charge in [-0.25, -0.2) is 4.79 Å². The van der Waals surface area contributed by atoms with E-state index in [0.717, 1.165) is 67.4 Å². The molecular formula is C34H44N2O8. The molecule has 6 aliphatic rings. The number of hydrogen-bond acceptors (Lipinski definition) is 9. The summed E-state index contributed by atoms with van der Waals surface area (Å²) in [6.45, 7) is 12.7. The highest BCUT2D eigenvalue weighted by Gasteiger charge is 2.42. The topological polar surface area (TPSA) is 88.2 Å². The molecule has 2 aromatic carbocycles. The predicted octanol–water partition coefficient (Wildman–Crippen LogP) is 4.51. The van der Waals surface area contributed by atoms with E-state index in [0.29, 0.717) is 32.1 Å². The Morgan fingerprint density at radius 1 is 0.795 bits per heavy atom. The van der Waals surface area contributed by atoms with Crippen molar-refractivity contribution in [3.05, 3.63) is 46.5 Å². The highest BCUT2D eigenvalue weighted by Crippen LogP contribution is 2.43. The van der Waals surface area contributed by atoms with Crippen molar-refractivity contribution >= 4 is 6.09 Å². The third kappa shape index (κ3) is 5.68. The summed E-state index contributed by atoms with van der Waals surface area (Å²) in [4.78, 5) is 17.0. The van der Waals surface area contributed by atoms with E-state index in [1.54, 1.807) is 0 Å². The Labute approximate surface area is 259 Å². The van der Waals surface area contributed by atoms with E-state index in [4.69, 9.17) is 33.2 Å². The number of nitrogens with zero attached hydrogens (tertiary/aromatic N) is 2. The second kappa shape index (κ2) is 11.9. The van der Waals surface area contributed by atoms with E-state index in [9.17, 15) is 4.79 Å². The Morgan fingerprint density at radius 2 is 1.36 bits per heavy atom. The summed E-state index contributed by atoms with van der Waals surface area (Å²) in [6, 6.07) is 8.80. The molecule has 44 heavy (non-hydrogen) atoms. The van der Waals surface area contributed by atoms with Crippen molar-refractivity contribution in [1.82, 2.24) is 9.80 Å². The molecule has 0 aromatic heterocycles. The second-order valence-corrected chi connectivity index (χ2v) is 13.4. The average molecular weight is 609 g/mol. The zero-order valence-corrected chi connectivity index (χ0v) is 26.3. The molecule has 2 aliphatic carbocycles. The lowest BCUT2D eigenvalue weighted by Crippen LogP contribution is -2.57. The highest BCUT2D eigenvalue weighted by molar-refractivity contribution is 5.69. The number of fused-ring (bicyclic) bond motifs is 8. The molecular weight excluding hydrogens is 564 g/mol. The molecule has 8 rings (SSSR count). The molecule has 0 unspecified atom stereocenters. The van der Waals surface area contributed by atoms with Gasteiger partial charge in [0, 0.05) is 43.1 Å². The van der Waals surface area contributed by atoms with Gasteiger partial charge in [0.25, 0.3) is 0 Å². The van der Waals surface area contributed by atoms with Crippen molar-refractivity contribution in [2.24, 2.45) is 0 Å². The SMILES string of the molecule is CC(C)(C)OC(=O)N1CCO[C@@H]2Cc3c(ccc4c3OCO4)C[C@H]21.CCCN1CCO[C@@H]2Cc3c(ccc4c3OCO4)C[C@H]21. The molecule has 2 fully saturated rings. The standard InChI is InChI=1S/C18H23NO5.C16H21NO3/c1-18(2,3)24-17(20)19-6-7-21-15-9-12-11(8-13(15)19)4-5-14-16(12)23-10-22-14;1-2-5-17-6-7-18-15-9-12-11(8-13(15)17)3-4-14-16(12)20-10-19-14/h4-5,13,15H,6-10H2,1-3H3;3-4,13,15H,2,5-10H2,1H3/t2*13-,15-/m11/s1. The smallest absolute Gasteiger partial charge is 0.410 e. The normalized spacial score (nSPS) is 26.4. The molecule has 0 bridgehead atoms. The van der Waals surface area contributed by atoms with Gasteiger partial charge in [-0.15, -0.1) is 0 Å². The van der Waals surface area contributed by atoms with Gasteiger partial charge in [0.15, 0.2) is 23.0 Å². The minimum Gasteiger partial charge on any atom is -0.454 e. The Bertz CT molecular complexity index is 1390. The fourth-order valence-electron chi connectivity index (χ4n) is 7.44. The fraction of sp³-hybridized carbons (Fsp3) is 0.618. The van der Waals surface area contributed by atoms with E-state index < -0.39 is 5.60 Å². The lowest BCUT2D eigenvalue weighted by atomic mass is 9.83. The fourth-order valence-corrected chi connectivity index (χ4v) is 7.44. The van der Waals surface area contributed by atoms with Crippen LogP contribution in [0.4, 0.5) is 4.79 Å². The van der Waals surface area contributed by atoms with Crippen LogP contribution in [0.1, 0.15) is 56.4 Å². The highest BCUT2D eigenvalue weighted by atomic mass is 16.7. The number of amides is 1. The molecule has 1 amide bonds. The maximum atomic E-state index is 12.6. The number of hydrogen-bond donors (Lipinski definition) is 0. The van der Waals surface area contributed by atoms with Gasteiger partial charge in [-0.1, -0.05) is 19.1 Å². The summed E-state index contributed by atoms with van der Waals surface area (Å²) in [5, 5.41) is 0. The number of ether oxygens (including phenoxy) is 7.